The molecule has 2 heterocycles. The van der Waals surface area contributed by atoms with E-state index in [9.17, 15) is 9.59 Å². The summed E-state index contributed by atoms with van der Waals surface area (Å²) in [5.74, 6) is 0.228. The van der Waals surface area contributed by atoms with Gasteiger partial charge in [-0.2, -0.15) is 0 Å². The van der Waals surface area contributed by atoms with Gasteiger partial charge in [-0.15, -0.1) is 0 Å². The van der Waals surface area contributed by atoms with E-state index in [1.807, 2.05) is 20.8 Å². The van der Waals surface area contributed by atoms with E-state index in [2.05, 4.69) is 33.9 Å². The van der Waals surface area contributed by atoms with Crippen molar-refractivity contribution in [2.75, 3.05) is 0 Å². The Hall–Kier alpha value is -0.883. The zero-order valence-electron chi connectivity index (χ0n) is 16.4. The van der Waals surface area contributed by atoms with Gasteiger partial charge in [0.05, 0.1) is 12.1 Å². The van der Waals surface area contributed by atoms with E-state index in [1.165, 1.54) is 0 Å². The summed E-state index contributed by atoms with van der Waals surface area (Å²) in [5, 5.41) is 0.102. The van der Waals surface area contributed by atoms with E-state index in [1.54, 1.807) is 4.90 Å². The Kier molecular flexibility index (Phi) is 4.96. The molecule has 2 aliphatic rings. The Morgan fingerprint density at radius 2 is 1.71 bits per heavy atom. The van der Waals surface area contributed by atoms with Crippen molar-refractivity contribution < 1.29 is 18.8 Å². The van der Waals surface area contributed by atoms with Crippen molar-refractivity contribution in [1.29, 1.82) is 0 Å². The summed E-state index contributed by atoms with van der Waals surface area (Å²) < 4.78 is 12.1. The van der Waals surface area contributed by atoms with Crippen molar-refractivity contribution in [2.24, 2.45) is 0 Å². The minimum Gasteiger partial charge on any atom is -0.444 e. The first-order chi connectivity index (χ1) is 10.7. The molecule has 2 bridgehead atoms. The monoisotopic (exact) mass is 355 g/mol. The van der Waals surface area contributed by atoms with Gasteiger partial charge in [0, 0.05) is 18.9 Å². The second-order valence-electron chi connectivity index (χ2n) is 9.71. The number of carbonyl (C=O) groups excluding carboxylic acids is 2. The lowest BCUT2D eigenvalue weighted by Crippen LogP contribution is -2.52. The molecular weight excluding hydrogens is 322 g/mol. The normalized spacial score (nSPS) is 28.2. The fraction of sp³-hybridized carbons (Fsp3) is 0.889. The fourth-order valence-corrected chi connectivity index (χ4v) is 4.62. The van der Waals surface area contributed by atoms with Crippen LogP contribution in [-0.2, 0) is 14.0 Å². The van der Waals surface area contributed by atoms with E-state index in [0.29, 0.717) is 12.8 Å². The van der Waals surface area contributed by atoms with Gasteiger partial charge >= 0.3 is 6.09 Å². The van der Waals surface area contributed by atoms with Crippen molar-refractivity contribution >= 4 is 20.2 Å². The molecule has 0 radical (unpaired) electrons. The van der Waals surface area contributed by atoms with Crippen LogP contribution in [0, 0.1) is 0 Å². The van der Waals surface area contributed by atoms with Crippen LogP contribution >= 0.6 is 0 Å². The average molecular weight is 356 g/mol. The quantitative estimate of drug-likeness (QED) is 0.699. The standard InChI is InChI=1S/C18H33NO4Si/c1-17(2,3)22-16(21)19-12-9-13(20)11-14(19)15(10-12)23-24(7,8)18(4,5)6/h12,14-15H,9-11H2,1-8H3/t12-,14+,15?/m0/s1. The van der Waals surface area contributed by atoms with Gasteiger partial charge < -0.3 is 9.16 Å². The molecule has 3 atom stereocenters. The smallest absolute Gasteiger partial charge is 0.410 e. The van der Waals surface area contributed by atoms with Crippen molar-refractivity contribution in [3.8, 4) is 0 Å². The highest BCUT2D eigenvalue weighted by Crippen LogP contribution is 2.43. The molecule has 0 aliphatic carbocycles. The Bertz CT molecular complexity index is 518. The molecule has 2 saturated heterocycles. The Labute approximate surface area is 147 Å². The molecule has 0 aromatic heterocycles. The summed E-state index contributed by atoms with van der Waals surface area (Å²) >= 11 is 0. The van der Waals surface area contributed by atoms with Crippen molar-refractivity contribution in [3.63, 3.8) is 0 Å². The summed E-state index contributed by atoms with van der Waals surface area (Å²) in [6.45, 7) is 16.7. The molecule has 0 N–H and O–H groups in total. The van der Waals surface area contributed by atoms with E-state index in [4.69, 9.17) is 9.16 Å². The largest absolute Gasteiger partial charge is 0.444 e. The third-order valence-corrected chi connectivity index (χ3v) is 9.95. The number of amides is 1. The number of nitrogens with zero attached hydrogens (tertiary/aromatic N) is 1. The Morgan fingerprint density at radius 1 is 1.12 bits per heavy atom. The molecule has 2 fully saturated rings. The topological polar surface area (TPSA) is 55.8 Å². The number of hydrogen-bond donors (Lipinski definition) is 0. The third kappa shape index (κ3) is 4.02. The molecule has 0 aromatic rings. The second-order valence-corrected chi connectivity index (χ2v) is 14.5. The van der Waals surface area contributed by atoms with Crippen LogP contribution < -0.4 is 0 Å². The highest BCUT2D eigenvalue weighted by molar-refractivity contribution is 6.74. The predicted octanol–water partition coefficient (Wildman–Crippen LogP) is 4.12. The molecule has 0 saturated carbocycles. The Morgan fingerprint density at radius 3 is 2.21 bits per heavy atom. The maximum atomic E-state index is 12.6. The molecule has 0 aromatic carbocycles. The summed E-state index contributed by atoms with van der Waals surface area (Å²) in [6, 6.07) is -0.263. The summed E-state index contributed by atoms with van der Waals surface area (Å²) in [5.41, 5.74) is -0.534. The first kappa shape index (κ1) is 19.4. The number of carbonyl (C=O) groups is 2. The van der Waals surface area contributed by atoms with Crippen LogP contribution in [0.25, 0.3) is 0 Å². The highest BCUT2D eigenvalue weighted by atomic mass is 28.4. The van der Waals surface area contributed by atoms with E-state index in [0.717, 1.165) is 6.42 Å². The molecule has 0 spiro atoms. The lowest BCUT2D eigenvalue weighted by molar-refractivity contribution is -0.123. The van der Waals surface area contributed by atoms with Crippen molar-refractivity contribution in [1.82, 2.24) is 4.90 Å². The predicted molar refractivity (Wildman–Crippen MR) is 96.6 cm³/mol. The number of piperidine rings is 1. The first-order valence-electron chi connectivity index (χ1n) is 8.92. The number of ether oxygens (including phenoxy) is 1. The van der Waals surface area contributed by atoms with Crippen LogP contribution in [-0.4, -0.2) is 48.9 Å². The molecule has 2 aliphatic heterocycles. The number of ketones is 1. The number of hydrogen-bond acceptors (Lipinski definition) is 4. The number of fused-ring (bicyclic) bond motifs is 2. The van der Waals surface area contributed by atoms with Gasteiger partial charge in [-0.05, 0) is 45.3 Å². The van der Waals surface area contributed by atoms with Gasteiger partial charge in [0.15, 0.2) is 8.32 Å². The summed E-state index contributed by atoms with van der Waals surface area (Å²) in [6.07, 6.45) is 1.17. The van der Waals surface area contributed by atoms with Crippen LogP contribution in [0.15, 0.2) is 0 Å². The summed E-state index contributed by atoms with van der Waals surface area (Å²) in [7, 11) is -1.95. The van der Waals surface area contributed by atoms with Gasteiger partial charge in [-0.3, -0.25) is 9.69 Å². The second kappa shape index (κ2) is 6.13. The zero-order chi connectivity index (χ0) is 18.5. The maximum absolute atomic E-state index is 12.6. The third-order valence-electron chi connectivity index (χ3n) is 5.44. The molecular formula is C18H33NO4Si. The highest BCUT2D eigenvalue weighted by Gasteiger charge is 2.53. The van der Waals surface area contributed by atoms with Crippen LogP contribution in [0.3, 0.4) is 0 Å². The van der Waals surface area contributed by atoms with Gasteiger partial charge in [0.1, 0.15) is 11.4 Å². The van der Waals surface area contributed by atoms with E-state index < -0.39 is 13.9 Å². The van der Waals surface area contributed by atoms with Crippen LogP contribution in [0.1, 0.15) is 60.8 Å². The maximum Gasteiger partial charge on any atom is 0.410 e. The lowest BCUT2D eigenvalue weighted by atomic mass is 10.0. The first-order valence-corrected chi connectivity index (χ1v) is 11.8. The fourth-order valence-electron chi connectivity index (χ4n) is 3.26. The molecule has 5 nitrogen and oxygen atoms in total. The van der Waals surface area contributed by atoms with Crippen LogP contribution in [0.2, 0.25) is 18.1 Å². The zero-order valence-corrected chi connectivity index (χ0v) is 17.4. The van der Waals surface area contributed by atoms with Gasteiger partial charge in [0.2, 0.25) is 0 Å². The molecule has 6 heteroatoms. The number of rotatable bonds is 2. The van der Waals surface area contributed by atoms with Crippen molar-refractivity contribution in [3.05, 3.63) is 0 Å². The SMILES string of the molecule is CC(C)(C)OC(=O)N1[C@H]2CC(=O)C[C@@H]1C(O[Si](C)(C)C(C)(C)C)C2. The minimum absolute atomic E-state index is 0.0603. The summed E-state index contributed by atoms with van der Waals surface area (Å²) in [4.78, 5) is 26.5. The lowest BCUT2D eigenvalue weighted by Gasteiger charge is -2.41. The molecule has 1 amide bonds. The van der Waals surface area contributed by atoms with Gasteiger partial charge in [-0.25, -0.2) is 4.79 Å². The molecule has 138 valence electrons. The van der Waals surface area contributed by atoms with Crippen LogP contribution in [0.4, 0.5) is 4.79 Å². The Balaban J connectivity index is 2.19. The van der Waals surface area contributed by atoms with E-state index >= 15 is 0 Å². The van der Waals surface area contributed by atoms with Crippen molar-refractivity contribution in [2.45, 2.75) is 103 Å². The van der Waals surface area contributed by atoms with E-state index in [-0.39, 0.29) is 35.1 Å². The minimum atomic E-state index is -1.95. The molecule has 24 heavy (non-hydrogen) atoms. The number of Topliss-reactive ketones (excluding diaryl/α,β-unsaturated/α-hetero) is 1. The van der Waals surface area contributed by atoms with Crippen LogP contribution in [0.5, 0.6) is 0 Å². The average Bonchev–Trinajstić information content (AvgIpc) is 2.54. The van der Waals surface area contributed by atoms with Gasteiger partial charge in [-0.1, -0.05) is 20.8 Å². The van der Waals surface area contributed by atoms with Gasteiger partial charge in [0.25, 0.3) is 0 Å². The molecule has 2 rings (SSSR count). The molecule has 1 unspecified atom stereocenters.